The first-order valence-corrected chi connectivity index (χ1v) is 17.7. The Labute approximate surface area is 300 Å². The quantitative estimate of drug-likeness (QED) is 0.0823. The maximum Gasteiger partial charge on any atom is 0.309 e. The second-order valence-corrected chi connectivity index (χ2v) is 13.5. The number of likely N-dealkylation sites (tertiary alicyclic amines) is 1. The summed E-state index contributed by atoms with van der Waals surface area (Å²) in [7, 11) is 0. The molecule has 6 amide bonds. The summed E-state index contributed by atoms with van der Waals surface area (Å²) in [5, 5.41) is 11.1. The van der Waals surface area contributed by atoms with Crippen molar-refractivity contribution in [2.45, 2.75) is 95.4 Å². The van der Waals surface area contributed by atoms with Crippen LogP contribution in [-0.2, 0) is 41.6 Å². The number of rotatable bonds is 18. The molecule has 14 heteroatoms. The molecule has 0 aromatic heterocycles. The summed E-state index contributed by atoms with van der Waals surface area (Å²) < 4.78 is 0. The molecule has 0 bridgehead atoms. The van der Waals surface area contributed by atoms with E-state index in [2.05, 4.69) is 21.3 Å². The van der Waals surface area contributed by atoms with Crippen LogP contribution in [0, 0.1) is 5.92 Å². The van der Waals surface area contributed by atoms with Crippen LogP contribution in [0.3, 0.4) is 0 Å². The summed E-state index contributed by atoms with van der Waals surface area (Å²) in [6.45, 7) is 4.89. The third kappa shape index (κ3) is 13.8. The molecule has 4 atom stereocenters. The van der Waals surface area contributed by atoms with E-state index in [1.54, 1.807) is 4.90 Å². The number of nitrogens with two attached hydrogens (primary N) is 3. The molecule has 0 aliphatic carbocycles. The Kier molecular flexibility index (Phi) is 16.5. The molecular formula is C37H54N8O6. The summed E-state index contributed by atoms with van der Waals surface area (Å²) in [6.07, 6.45) is 3.16. The zero-order valence-electron chi connectivity index (χ0n) is 29.6. The number of hydrogen-bond donors (Lipinski definition) is 7. The van der Waals surface area contributed by atoms with Crippen LogP contribution in [0.15, 0.2) is 60.7 Å². The second-order valence-electron chi connectivity index (χ2n) is 13.5. The van der Waals surface area contributed by atoms with Gasteiger partial charge in [-0.15, -0.1) is 0 Å². The lowest BCUT2D eigenvalue weighted by Crippen LogP contribution is -2.59. The molecule has 278 valence electrons. The fourth-order valence-electron chi connectivity index (χ4n) is 6.02. The van der Waals surface area contributed by atoms with E-state index in [9.17, 15) is 28.8 Å². The maximum atomic E-state index is 13.9. The Hall–Kier alpha value is -4.82. The highest BCUT2D eigenvalue weighted by atomic mass is 16.2. The number of amides is 6. The van der Waals surface area contributed by atoms with Crippen molar-refractivity contribution < 1.29 is 28.8 Å². The van der Waals surface area contributed by atoms with Crippen LogP contribution in [0.1, 0.15) is 63.5 Å². The van der Waals surface area contributed by atoms with Gasteiger partial charge in [-0.3, -0.25) is 28.8 Å². The maximum absolute atomic E-state index is 13.9. The van der Waals surface area contributed by atoms with Gasteiger partial charge < -0.3 is 43.4 Å². The number of unbranched alkanes of at least 4 members (excludes halogenated alkanes) is 1. The van der Waals surface area contributed by atoms with Gasteiger partial charge in [-0.2, -0.15) is 0 Å². The lowest BCUT2D eigenvalue weighted by atomic mass is 9.99. The van der Waals surface area contributed by atoms with Gasteiger partial charge in [0.2, 0.25) is 23.6 Å². The highest BCUT2D eigenvalue weighted by Crippen LogP contribution is 2.15. The van der Waals surface area contributed by atoms with Crippen LogP contribution in [0.2, 0.25) is 0 Å². The molecule has 14 nitrogen and oxygen atoms in total. The van der Waals surface area contributed by atoms with Gasteiger partial charge in [0.15, 0.2) is 0 Å². The smallest absolute Gasteiger partial charge is 0.309 e. The van der Waals surface area contributed by atoms with Crippen LogP contribution in [0.25, 0.3) is 0 Å². The largest absolute Gasteiger partial charge is 0.361 e. The number of primary amides is 1. The van der Waals surface area contributed by atoms with Gasteiger partial charge in [0, 0.05) is 25.6 Å². The van der Waals surface area contributed by atoms with Gasteiger partial charge >= 0.3 is 11.8 Å². The Morgan fingerprint density at radius 3 is 1.82 bits per heavy atom. The van der Waals surface area contributed by atoms with E-state index in [-0.39, 0.29) is 37.1 Å². The van der Waals surface area contributed by atoms with Crippen molar-refractivity contribution in [1.29, 1.82) is 0 Å². The predicted octanol–water partition coefficient (Wildman–Crippen LogP) is 0.0211. The van der Waals surface area contributed by atoms with Gasteiger partial charge in [-0.05, 0) is 68.5 Å². The molecule has 2 aromatic rings. The summed E-state index contributed by atoms with van der Waals surface area (Å²) in [6, 6.07) is 14.5. The minimum Gasteiger partial charge on any atom is -0.361 e. The first-order valence-electron chi connectivity index (χ1n) is 17.7. The van der Waals surface area contributed by atoms with Gasteiger partial charge in [0.05, 0.1) is 6.04 Å². The van der Waals surface area contributed by atoms with Crippen molar-refractivity contribution in [1.82, 2.24) is 26.2 Å². The Morgan fingerprint density at radius 2 is 1.27 bits per heavy atom. The lowest BCUT2D eigenvalue weighted by molar-refractivity contribution is -0.140. The van der Waals surface area contributed by atoms with Crippen LogP contribution in [-0.4, -0.2) is 90.2 Å². The fourth-order valence-corrected chi connectivity index (χ4v) is 6.02. The van der Waals surface area contributed by atoms with E-state index in [0.717, 1.165) is 11.1 Å². The third-order valence-corrected chi connectivity index (χ3v) is 8.82. The highest BCUT2D eigenvalue weighted by molar-refractivity contribution is 6.34. The molecule has 0 saturated carbocycles. The number of carbonyl (C=O) groups excluding carboxylic acids is 6. The first kappa shape index (κ1) is 40.6. The van der Waals surface area contributed by atoms with E-state index >= 15 is 0 Å². The van der Waals surface area contributed by atoms with Crippen LogP contribution in [0.5, 0.6) is 0 Å². The SMILES string of the molecule is CC(C)C[C@@H](NC(=O)[C@@H](Cc1ccccc1)NC(=O)[C@H](N)Cc1ccccc1)C(=O)N[C@H](CCCCN)C(=O)N1CCC(NC(=O)C(N)=O)CC1. The van der Waals surface area contributed by atoms with Crippen molar-refractivity contribution in [2.24, 2.45) is 23.1 Å². The van der Waals surface area contributed by atoms with Gasteiger partial charge in [-0.25, -0.2) is 0 Å². The van der Waals surface area contributed by atoms with E-state index in [1.807, 2.05) is 74.5 Å². The molecule has 1 aliphatic rings. The minimum absolute atomic E-state index is 0.00328. The molecule has 0 unspecified atom stereocenters. The molecule has 51 heavy (non-hydrogen) atoms. The molecule has 2 aromatic carbocycles. The third-order valence-electron chi connectivity index (χ3n) is 8.82. The highest BCUT2D eigenvalue weighted by Gasteiger charge is 2.34. The Morgan fingerprint density at radius 1 is 0.745 bits per heavy atom. The number of carbonyl (C=O) groups is 6. The van der Waals surface area contributed by atoms with E-state index in [0.29, 0.717) is 51.7 Å². The van der Waals surface area contributed by atoms with Crippen LogP contribution in [0.4, 0.5) is 0 Å². The van der Waals surface area contributed by atoms with Crippen molar-refractivity contribution in [3.05, 3.63) is 71.8 Å². The standard InChI is InChI=1S/C37H54N8O6/c1-24(2)21-30(34(48)42-29(15-9-10-18-38)37(51)45-19-16-27(17-20-45)41-36(50)32(40)46)44-35(49)31(23-26-13-7-4-8-14-26)43-33(47)28(39)22-25-11-5-3-6-12-25/h3-8,11-14,24,27-31H,9-10,15-23,38-39H2,1-2H3,(H2,40,46)(H,41,50)(H,42,48)(H,43,47)(H,44,49)/t28-,29-,30-,31-/m1/s1. The number of benzene rings is 2. The molecular weight excluding hydrogens is 652 g/mol. The summed E-state index contributed by atoms with van der Waals surface area (Å²) >= 11 is 0. The Bertz CT molecular complexity index is 1450. The molecule has 1 fully saturated rings. The molecule has 1 heterocycles. The average Bonchev–Trinajstić information content (AvgIpc) is 3.11. The summed E-state index contributed by atoms with van der Waals surface area (Å²) in [5.74, 6) is -3.78. The number of hydrogen-bond acceptors (Lipinski definition) is 8. The number of piperidine rings is 1. The van der Waals surface area contributed by atoms with Gasteiger partial charge in [0.1, 0.15) is 18.1 Å². The molecule has 1 saturated heterocycles. The Balaban J connectivity index is 1.74. The molecule has 3 rings (SSSR count). The zero-order chi connectivity index (χ0) is 37.3. The van der Waals surface area contributed by atoms with Crippen LogP contribution < -0.4 is 38.5 Å². The minimum atomic E-state index is -1.07. The lowest BCUT2D eigenvalue weighted by Gasteiger charge is -2.35. The zero-order valence-corrected chi connectivity index (χ0v) is 29.6. The second kappa shape index (κ2) is 20.8. The average molecular weight is 707 g/mol. The summed E-state index contributed by atoms with van der Waals surface area (Å²) in [4.78, 5) is 79.3. The molecule has 0 radical (unpaired) electrons. The molecule has 0 spiro atoms. The molecule has 1 aliphatic heterocycles. The molecule has 10 N–H and O–H groups in total. The van der Waals surface area contributed by atoms with Crippen molar-refractivity contribution in [2.75, 3.05) is 19.6 Å². The van der Waals surface area contributed by atoms with Crippen molar-refractivity contribution in [3.8, 4) is 0 Å². The van der Waals surface area contributed by atoms with Crippen LogP contribution >= 0.6 is 0 Å². The number of nitrogens with zero attached hydrogens (tertiary/aromatic N) is 1. The van der Waals surface area contributed by atoms with Gasteiger partial charge in [0.25, 0.3) is 0 Å². The first-order chi connectivity index (χ1) is 24.4. The van der Waals surface area contributed by atoms with Crippen molar-refractivity contribution in [3.63, 3.8) is 0 Å². The monoisotopic (exact) mass is 706 g/mol. The van der Waals surface area contributed by atoms with Gasteiger partial charge in [-0.1, -0.05) is 74.5 Å². The normalized spacial score (nSPS) is 15.6. The van der Waals surface area contributed by atoms with E-state index in [4.69, 9.17) is 17.2 Å². The summed E-state index contributed by atoms with van der Waals surface area (Å²) in [5.41, 5.74) is 18.7. The van der Waals surface area contributed by atoms with E-state index in [1.165, 1.54) is 0 Å². The number of nitrogens with one attached hydrogen (secondary N) is 4. The fraction of sp³-hybridized carbons (Fsp3) is 0.514. The van der Waals surface area contributed by atoms with E-state index < -0.39 is 53.7 Å². The van der Waals surface area contributed by atoms with Crippen molar-refractivity contribution >= 4 is 35.4 Å². The predicted molar refractivity (Wildman–Crippen MR) is 193 cm³/mol. The topological polar surface area (TPSA) is 232 Å².